The quantitative estimate of drug-likeness (QED) is 0.119. The van der Waals surface area contributed by atoms with Crippen molar-refractivity contribution in [3.05, 3.63) is 59.7 Å². The summed E-state index contributed by atoms with van der Waals surface area (Å²) in [6.07, 6.45) is 1.97. The van der Waals surface area contributed by atoms with Crippen LogP contribution in [0.3, 0.4) is 0 Å². The van der Waals surface area contributed by atoms with E-state index in [1.165, 1.54) is 21.3 Å². The molecule has 0 unspecified atom stereocenters. The van der Waals surface area contributed by atoms with E-state index in [9.17, 15) is 9.59 Å². The van der Waals surface area contributed by atoms with Crippen LogP contribution in [0.15, 0.2) is 48.5 Å². The summed E-state index contributed by atoms with van der Waals surface area (Å²) in [4.78, 5) is 31.1. The van der Waals surface area contributed by atoms with E-state index >= 15 is 0 Å². The van der Waals surface area contributed by atoms with Crippen molar-refractivity contribution in [3.63, 3.8) is 0 Å². The highest BCUT2D eigenvalue weighted by atomic mass is 16.6. The Labute approximate surface area is 325 Å². The van der Waals surface area contributed by atoms with Gasteiger partial charge in [-0.1, -0.05) is 26.0 Å². The van der Waals surface area contributed by atoms with Crippen LogP contribution in [0.2, 0.25) is 0 Å². The van der Waals surface area contributed by atoms with Gasteiger partial charge in [0.15, 0.2) is 34.5 Å². The average molecular weight is 767 g/mol. The lowest BCUT2D eigenvalue weighted by atomic mass is 9.89. The number of benzene rings is 3. The van der Waals surface area contributed by atoms with E-state index in [0.29, 0.717) is 72.2 Å². The molecule has 0 bridgehead atoms. The number of nitrogens with zero attached hydrogens (tertiary/aromatic N) is 2. The number of carbonyl (C=O) groups is 2. The highest BCUT2D eigenvalue weighted by molar-refractivity contribution is 5.88. The third-order valence-electron chi connectivity index (χ3n) is 9.19. The predicted molar refractivity (Wildman–Crippen MR) is 211 cm³/mol. The highest BCUT2D eigenvalue weighted by Gasteiger charge is 2.26. The molecule has 302 valence electrons. The van der Waals surface area contributed by atoms with E-state index in [-0.39, 0.29) is 12.5 Å². The van der Waals surface area contributed by atoms with Crippen LogP contribution in [-0.2, 0) is 9.53 Å². The zero-order chi connectivity index (χ0) is 39.6. The molecule has 0 aromatic heterocycles. The first-order chi connectivity index (χ1) is 26.8. The molecule has 0 atom stereocenters. The maximum absolute atomic E-state index is 14.0. The number of methoxy groups -OCH3 is 5. The van der Waals surface area contributed by atoms with Gasteiger partial charge in [0.25, 0.3) is 0 Å². The molecular weight excluding hydrogens is 708 g/mol. The first kappa shape index (κ1) is 42.7. The lowest BCUT2D eigenvalue weighted by Crippen LogP contribution is -2.48. The van der Waals surface area contributed by atoms with Crippen molar-refractivity contribution < 1.29 is 47.5 Å². The summed E-state index contributed by atoms with van der Waals surface area (Å²) in [7, 11) is 7.75. The summed E-state index contributed by atoms with van der Waals surface area (Å²) in [6.45, 7) is 10.9. The van der Waals surface area contributed by atoms with Crippen LogP contribution in [0.5, 0.6) is 40.2 Å². The van der Waals surface area contributed by atoms with Gasteiger partial charge >= 0.3 is 6.09 Å². The van der Waals surface area contributed by atoms with Crippen LogP contribution in [0.25, 0.3) is 0 Å². The summed E-state index contributed by atoms with van der Waals surface area (Å²) in [6, 6.07) is 14.6. The molecule has 0 saturated carbocycles. The Kier molecular flexibility index (Phi) is 17.3. The van der Waals surface area contributed by atoms with Crippen molar-refractivity contribution in [1.82, 2.24) is 15.1 Å². The normalized spacial score (nSPS) is 13.2. The topological polar surface area (TPSA) is 139 Å². The molecule has 3 aromatic rings. The molecule has 14 heteroatoms. The number of nitrogens with one attached hydrogen (secondary N) is 2. The molecule has 1 aliphatic heterocycles. The number of carbonyl (C=O) groups excluding carboxylic acids is 2. The van der Waals surface area contributed by atoms with Gasteiger partial charge in [-0.15, -0.1) is 0 Å². The van der Waals surface area contributed by atoms with E-state index in [1.54, 1.807) is 26.4 Å². The molecule has 2 amide bonds. The van der Waals surface area contributed by atoms with Gasteiger partial charge in [-0.2, -0.15) is 0 Å². The monoisotopic (exact) mass is 766 g/mol. The number of hydrogen-bond acceptors (Lipinski definition) is 12. The average Bonchev–Trinajstić information content (AvgIpc) is 3.21. The third kappa shape index (κ3) is 12.2. The molecule has 0 radical (unpaired) electrons. The first-order valence-electron chi connectivity index (χ1n) is 18.9. The fourth-order valence-corrected chi connectivity index (χ4v) is 6.31. The lowest BCUT2D eigenvalue weighted by molar-refractivity contribution is -0.121. The van der Waals surface area contributed by atoms with Crippen LogP contribution in [0.4, 0.5) is 10.5 Å². The van der Waals surface area contributed by atoms with Gasteiger partial charge < -0.3 is 48.1 Å². The van der Waals surface area contributed by atoms with Crippen LogP contribution in [0, 0.1) is 0 Å². The molecule has 3 aromatic carbocycles. The van der Waals surface area contributed by atoms with Crippen LogP contribution in [-0.4, -0.2) is 123 Å². The minimum atomic E-state index is -0.613. The fourth-order valence-electron chi connectivity index (χ4n) is 6.31. The van der Waals surface area contributed by atoms with Crippen LogP contribution in [0.1, 0.15) is 50.2 Å². The van der Waals surface area contributed by atoms with Crippen molar-refractivity contribution in [2.45, 2.75) is 39.0 Å². The number of amides is 2. The number of piperazine rings is 1. The molecule has 1 saturated heterocycles. The van der Waals surface area contributed by atoms with E-state index < -0.39 is 12.0 Å². The van der Waals surface area contributed by atoms with Crippen LogP contribution < -0.4 is 43.8 Å². The summed E-state index contributed by atoms with van der Waals surface area (Å²) in [5.74, 6) is 2.99. The molecule has 0 aliphatic carbocycles. The van der Waals surface area contributed by atoms with Gasteiger partial charge in [0, 0.05) is 51.4 Å². The van der Waals surface area contributed by atoms with E-state index in [0.717, 1.165) is 63.1 Å². The smallest absolute Gasteiger partial charge is 0.411 e. The summed E-state index contributed by atoms with van der Waals surface area (Å²) >= 11 is 0. The zero-order valence-electron chi connectivity index (χ0n) is 33.4. The Morgan fingerprint density at radius 1 is 0.636 bits per heavy atom. The Hall–Kier alpha value is -5.08. The zero-order valence-corrected chi connectivity index (χ0v) is 33.4. The highest BCUT2D eigenvalue weighted by Crippen LogP contribution is 2.40. The standard InChI is InChI=1S/C41H58N4O10/c1-8-22-53-32-13-11-29(25-34(32)48-3)38(30-12-14-33(54-23-9-2)35(26-30)49-4)40(46)42-15-10-16-44-17-19-45(20-18-44)21-24-55-41(47)43-31-27-36(50-5)39(52-7)37(28-31)51-6/h11-14,25-28,38H,8-10,15-24H2,1-7H3,(H,42,46)(H,43,47). The molecule has 2 N–H and O–H groups in total. The summed E-state index contributed by atoms with van der Waals surface area (Å²) < 4.78 is 44.6. The molecule has 1 heterocycles. The van der Waals surface area contributed by atoms with Gasteiger partial charge in [0.05, 0.1) is 60.4 Å². The molecule has 1 fully saturated rings. The van der Waals surface area contributed by atoms with Crippen molar-refractivity contribution >= 4 is 17.7 Å². The number of ether oxygens (including phenoxy) is 8. The number of rotatable bonds is 22. The number of hydrogen-bond donors (Lipinski definition) is 2. The second-order valence-corrected chi connectivity index (χ2v) is 13.0. The molecular formula is C41H58N4O10. The molecule has 0 spiro atoms. The summed E-state index contributed by atoms with van der Waals surface area (Å²) in [5.41, 5.74) is 2.03. The number of anilines is 1. The predicted octanol–water partition coefficient (Wildman–Crippen LogP) is 5.81. The fraction of sp³-hybridized carbons (Fsp3) is 0.512. The van der Waals surface area contributed by atoms with Gasteiger partial charge in [-0.25, -0.2) is 4.79 Å². The second kappa shape index (κ2) is 22.3. The minimum Gasteiger partial charge on any atom is -0.493 e. The first-order valence-corrected chi connectivity index (χ1v) is 18.9. The molecule has 4 rings (SSSR count). The molecule has 1 aliphatic rings. The van der Waals surface area contributed by atoms with Crippen molar-refractivity contribution in [1.29, 1.82) is 0 Å². The Bertz CT molecular complexity index is 1580. The minimum absolute atomic E-state index is 0.118. The van der Waals surface area contributed by atoms with Gasteiger partial charge in [0.2, 0.25) is 11.7 Å². The second-order valence-electron chi connectivity index (χ2n) is 13.0. The lowest BCUT2D eigenvalue weighted by Gasteiger charge is -2.34. The van der Waals surface area contributed by atoms with Crippen molar-refractivity contribution in [3.8, 4) is 40.2 Å². The van der Waals surface area contributed by atoms with E-state index in [1.807, 2.05) is 50.2 Å². The third-order valence-corrected chi connectivity index (χ3v) is 9.19. The van der Waals surface area contributed by atoms with E-state index in [2.05, 4.69) is 20.4 Å². The summed E-state index contributed by atoms with van der Waals surface area (Å²) in [5, 5.41) is 5.90. The SMILES string of the molecule is CCCOc1ccc(C(C(=O)NCCCN2CCN(CCOC(=O)Nc3cc(OC)c(OC)c(OC)c3)CC2)c2ccc(OCCC)c(OC)c2)cc1OC. The van der Waals surface area contributed by atoms with E-state index in [4.69, 9.17) is 37.9 Å². The Morgan fingerprint density at radius 3 is 1.62 bits per heavy atom. The molecule has 55 heavy (non-hydrogen) atoms. The Balaban J connectivity index is 1.27. The van der Waals surface area contributed by atoms with Gasteiger partial charge in [-0.05, 0) is 61.2 Å². The molecule has 14 nitrogen and oxygen atoms in total. The Morgan fingerprint density at radius 2 is 1.15 bits per heavy atom. The maximum Gasteiger partial charge on any atom is 0.411 e. The maximum atomic E-state index is 14.0. The van der Waals surface area contributed by atoms with Crippen LogP contribution >= 0.6 is 0 Å². The van der Waals surface area contributed by atoms with Crippen molar-refractivity contribution in [2.24, 2.45) is 0 Å². The van der Waals surface area contributed by atoms with Crippen molar-refractivity contribution in [2.75, 3.05) is 106 Å². The largest absolute Gasteiger partial charge is 0.493 e. The van der Waals surface area contributed by atoms with Gasteiger partial charge in [-0.3, -0.25) is 15.0 Å². The van der Waals surface area contributed by atoms with Gasteiger partial charge in [0.1, 0.15) is 6.61 Å².